The Balaban J connectivity index is 1.62. The topological polar surface area (TPSA) is 73.0 Å². The smallest absolute Gasteiger partial charge is 0.233 e. The summed E-state index contributed by atoms with van der Waals surface area (Å²) in [5, 5.41) is 12.1. The molecule has 3 rings (SSSR count). The first-order chi connectivity index (χ1) is 11.6. The fraction of sp³-hybridized carbons (Fsp3) is 0.588. The molecule has 2 aromatic rings. The van der Waals surface area contributed by atoms with Crippen molar-refractivity contribution in [1.29, 1.82) is 0 Å². The molecule has 0 saturated heterocycles. The van der Waals surface area contributed by atoms with E-state index in [1.807, 2.05) is 30.7 Å². The Morgan fingerprint density at radius 1 is 1.42 bits per heavy atom. The second-order valence-electron chi connectivity index (χ2n) is 6.48. The summed E-state index contributed by atoms with van der Waals surface area (Å²) in [5.74, 6) is 1.96. The van der Waals surface area contributed by atoms with E-state index in [-0.39, 0.29) is 11.2 Å². The van der Waals surface area contributed by atoms with Gasteiger partial charge >= 0.3 is 0 Å². The maximum atomic E-state index is 12.5. The van der Waals surface area contributed by atoms with E-state index >= 15 is 0 Å². The number of furan rings is 1. The molecule has 6 nitrogen and oxygen atoms in total. The predicted molar refractivity (Wildman–Crippen MR) is 93.6 cm³/mol. The SMILES string of the molecule is C[C@@H](Sc1nnc(-c2ccco2)n1C)C(=O)N[C@H]1CCCC[C@@H]1C. The first-order valence-electron chi connectivity index (χ1n) is 8.46. The largest absolute Gasteiger partial charge is 0.461 e. The first kappa shape index (κ1) is 17.1. The van der Waals surface area contributed by atoms with Gasteiger partial charge in [0.15, 0.2) is 16.7 Å². The second kappa shape index (κ2) is 7.42. The standard InChI is InChI=1S/C17H24N4O2S/c1-11-7-4-5-8-13(11)18-16(22)12(2)24-17-20-19-15(21(17)3)14-9-6-10-23-14/h6,9-13H,4-5,7-8H2,1-3H3,(H,18,22)/t11-,12+,13-/m0/s1. The third-order valence-electron chi connectivity index (χ3n) is 4.67. The number of nitrogens with zero attached hydrogens (tertiary/aromatic N) is 3. The Bertz CT molecular complexity index is 683. The molecule has 1 N–H and O–H groups in total. The number of carbonyl (C=O) groups is 1. The zero-order valence-electron chi connectivity index (χ0n) is 14.4. The highest BCUT2D eigenvalue weighted by Crippen LogP contribution is 2.27. The van der Waals surface area contributed by atoms with Crippen LogP contribution in [0.4, 0.5) is 0 Å². The fourth-order valence-corrected chi connectivity index (χ4v) is 3.90. The summed E-state index contributed by atoms with van der Waals surface area (Å²) in [5.41, 5.74) is 0. The van der Waals surface area contributed by atoms with E-state index in [9.17, 15) is 4.79 Å². The Kier molecular flexibility index (Phi) is 5.28. The quantitative estimate of drug-likeness (QED) is 0.840. The zero-order valence-corrected chi connectivity index (χ0v) is 15.2. The monoisotopic (exact) mass is 348 g/mol. The molecular weight excluding hydrogens is 324 g/mol. The van der Waals surface area contributed by atoms with Crippen LogP contribution in [0.2, 0.25) is 0 Å². The Hall–Kier alpha value is -1.76. The Labute approximate surface area is 146 Å². The number of aromatic nitrogens is 3. The highest BCUT2D eigenvalue weighted by atomic mass is 32.2. The van der Waals surface area contributed by atoms with Gasteiger partial charge in [0.1, 0.15) is 0 Å². The maximum Gasteiger partial charge on any atom is 0.233 e. The molecule has 1 aliphatic carbocycles. The molecule has 1 amide bonds. The lowest BCUT2D eigenvalue weighted by Crippen LogP contribution is -2.44. The van der Waals surface area contributed by atoms with Crippen molar-refractivity contribution in [2.75, 3.05) is 0 Å². The highest BCUT2D eigenvalue weighted by molar-refractivity contribution is 8.00. The van der Waals surface area contributed by atoms with Crippen LogP contribution >= 0.6 is 11.8 Å². The van der Waals surface area contributed by atoms with Crippen LogP contribution in [0.3, 0.4) is 0 Å². The summed E-state index contributed by atoms with van der Waals surface area (Å²) in [4.78, 5) is 12.5. The third kappa shape index (κ3) is 3.66. The lowest BCUT2D eigenvalue weighted by Gasteiger charge is -2.30. The molecule has 0 aliphatic heterocycles. The third-order valence-corrected chi connectivity index (χ3v) is 5.80. The van der Waals surface area contributed by atoms with Crippen LogP contribution in [0.15, 0.2) is 28.0 Å². The van der Waals surface area contributed by atoms with E-state index in [0.29, 0.717) is 28.7 Å². The molecule has 0 aromatic carbocycles. The number of nitrogens with one attached hydrogen (secondary N) is 1. The van der Waals surface area contributed by atoms with Gasteiger partial charge < -0.3 is 14.3 Å². The van der Waals surface area contributed by atoms with Crippen molar-refractivity contribution in [3.05, 3.63) is 18.4 Å². The highest BCUT2D eigenvalue weighted by Gasteiger charge is 2.26. The maximum absolute atomic E-state index is 12.5. The molecule has 3 atom stereocenters. The van der Waals surface area contributed by atoms with Crippen LogP contribution in [0.5, 0.6) is 0 Å². The minimum Gasteiger partial charge on any atom is -0.461 e. The summed E-state index contributed by atoms with van der Waals surface area (Å²) < 4.78 is 7.22. The zero-order chi connectivity index (χ0) is 17.1. The van der Waals surface area contributed by atoms with E-state index in [1.54, 1.807) is 6.26 Å². The molecule has 0 radical (unpaired) electrons. The predicted octanol–water partition coefficient (Wildman–Crippen LogP) is 3.25. The Morgan fingerprint density at radius 3 is 2.92 bits per heavy atom. The van der Waals surface area contributed by atoms with Crippen molar-refractivity contribution in [1.82, 2.24) is 20.1 Å². The Morgan fingerprint density at radius 2 is 2.21 bits per heavy atom. The molecular formula is C17H24N4O2S. The van der Waals surface area contributed by atoms with E-state index < -0.39 is 0 Å². The van der Waals surface area contributed by atoms with Gasteiger partial charge in [-0.15, -0.1) is 10.2 Å². The van der Waals surface area contributed by atoms with Crippen LogP contribution in [0, 0.1) is 5.92 Å². The van der Waals surface area contributed by atoms with Gasteiger partial charge in [0.25, 0.3) is 0 Å². The molecule has 1 fully saturated rings. The molecule has 0 bridgehead atoms. The summed E-state index contributed by atoms with van der Waals surface area (Å²) in [7, 11) is 1.88. The van der Waals surface area contributed by atoms with Gasteiger partial charge in [-0.25, -0.2) is 0 Å². The van der Waals surface area contributed by atoms with Crippen molar-refractivity contribution < 1.29 is 9.21 Å². The van der Waals surface area contributed by atoms with Gasteiger partial charge in [0, 0.05) is 13.1 Å². The summed E-state index contributed by atoms with van der Waals surface area (Å²) in [6.45, 7) is 4.13. The molecule has 24 heavy (non-hydrogen) atoms. The van der Waals surface area contributed by atoms with Crippen LogP contribution in [-0.2, 0) is 11.8 Å². The van der Waals surface area contributed by atoms with E-state index in [0.717, 1.165) is 6.42 Å². The van der Waals surface area contributed by atoms with Crippen molar-refractivity contribution in [3.8, 4) is 11.6 Å². The lowest BCUT2D eigenvalue weighted by molar-refractivity contribution is -0.121. The molecule has 2 aromatic heterocycles. The van der Waals surface area contributed by atoms with Crippen LogP contribution in [0.1, 0.15) is 39.5 Å². The van der Waals surface area contributed by atoms with Gasteiger partial charge in [0.2, 0.25) is 5.91 Å². The summed E-state index contributed by atoms with van der Waals surface area (Å²) in [6.07, 6.45) is 6.36. The van der Waals surface area contributed by atoms with E-state index in [1.165, 1.54) is 31.0 Å². The van der Waals surface area contributed by atoms with Crippen molar-refractivity contribution >= 4 is 17.7 Å². The number of rotatable bonds is 5. The fourth-order valence-electron chi connectivity index (χ4n) is 3.08. The molecule has 130 valence electrons. The van der Waals surface area contributed by atoms with Crippen LogP contribution in [-0.4, -0.2) is 32.0 Å². The molecule has 0 spiro atoms. The lowest BCUT2D eigenvalue weighted by atomic mass is 9.86. The van der Waals surface area contributed by atoms with Crippen molar-refractivity contribution in [3.63, 3.8) is 0 Å². The number of amides is 1. The number of thioether (sulfide) groups is 1. The normalized spacial score (nSPS) is 22.3. The van der Waals surface area contributed by atoms with Gasteiger partial charge in [-0.2, -0.15) is 0 Å². The van der Waals surface area contributed by atoms with Crippen molar-refractivity contribution in [2.45, 2.75) is 56.0 Å². The van der Waals surface area contributed by atoms with Gasteiger partial charge in [-0.1, -0.05) is 31.5 Å². The summed E-state index contributed by atoms with van der Waals surface area (Å²) in [6, 6.07) is 3.96. The second-order valence-corrected chi connectivity index (χ2v) is 7.79. The number of hydrogen-bond acceptors (Lipinski definition) is 5. The van der Waals surface area contributed by atoms with E-state index in [4.69, 9.17) is 4.42 Å². The average Bonchev–Trinajstić information content (AvgIpc) is 3.20. The molecule has 7 heteroatoms. The van der Waals surface area contributed by atoms with Crippen LogP contribution in [0.25, 0.3) is 11.6 Å². The summed E-state index contributed by atoms with van der Waals surface area (Å²) >= 11 is 1.42. The minimum absolute atomic E-state index is 0.0706. The van der Waals surface area contributed by atoms with Gasteiger partial charge in [-0.05, 0) is 37.8 Å². The molecule has 0 unspecified atom stereocenters. The van der Waals surface area contributed by atoms with Gasteiger partial charge in [-0.3, -0.25) is 4.79 Å². The van der Waals surface area contributed by atoms with Crippen molar-refractivity contribution in [2.24, 2.45) is 13.0 Å². The van der Waals surface area contributed by atoms with E-state index in [2.05, 4.69) is 22.4 Å². The average molecular weight is 348 g/mol. The minimum atomic E-state index is -0.216. The van der Waals surface area contributed by atoms with Gasteiger partial charge in [0.05, 0.1) is 11.5 Å². The molecule has 1 saturated carbocycles. The number of hydrogen-bond donors (Lipinski definition) is 1. The first-order valence-corrected chi connectivity index (χ1v) is 9.34. The van der Waals surface area contributed by atoms with Crippen LogP contribution < -0.4 is 5.32 Å². The molecule has 2 heterocycles. The number of carbonyl (C=O) groups excluding carboxylic acids is 1. The molecule has 1 aliphatic rings.